The van der Waals surface area contributed by atoms with E-state index >= 15 is 0 Å². The average Bonchev–Trinajstić information content (AvgIpc) is 3.53. The maximum atomic E-state index is 14.2. The fourth-order valence-corrected chi connectivity index (χ4v) is 7.12. The molecule has 11 nitrogen and oxygen atoms in total. The molecule has 11 heteroatoms. The van der Waals surface area contributed by atoms with Gasteiger partial charge in [-0.05, 0) is 57.4 Å². The number of rotatable bonds is 7. The molecule has 224 valence electrons. The molecule has 5 rings (SSSR count). The van der Waals surface area contributed by atoms with Crippen molar-refractivity contribution in [3.63, 3.8) is 0 Å². The zero-order valence-corrected chi connectivity index (χ0v) is 23.8. The number of carbonyl (C=O) groups is 4. The van der Waals surface area contributed by atoms with Crippen molar-refractivity contribution in [2.24, 2.45) is 11.3 Å². The third-order valence-electron chi connectivity index (χ3n) is 8.83. The summed E-state index contributed by atoms with van der Waals surface area (Å²) in [7, 11) is 0. The second-order valence-corrected chi connectivity index (χ2v) is 11.8. The van der Waals surface area contributed by atoms with E-state index in [0.29, 0.717) is 0 Å². The van der Waals surface area contributed by atoms with Crippen LogP contribution in [0.2, 0.25) is 0 Å². The molecular weight excluding hydrogens is 548 g/mol. The van der Waals surface area contributed by atoms with Gasteiger partial charge in [0.2, 0.25) is 5.76 Å². The van der Waals surface area contributed by atoms with Crippen molar-refractivity contribution in [2.45, 2.75) is 75.7 Å². The molecule has 2 aliphatic carbocycles. The highest BCUT2D eigenvalue weighted by Crippen LogP contribution is 2.67. The highest BCUT2D eigenvalue weighted by atomic mass is 16.6. The van der Waals surface area contributed by atoms with Gasteiger partial charge >= 0.3 is 17.9 Å². The standard InChI is InChI=1S/C31H34O11/c1-18(32)39-17-30-21(40-22(33)13-12-19-9-6-5-7-10-19)14-15-29(4,37)31(30)25(35)23(28(2,3)42-31)24(34)26(30)41-27(36)20-11-8-16-38-20/h5-13,16,21,23,25-26,35,37H,14-15,17H2,1-4H3/b13-12-/t21-,23+,25+,26+,29-,30-,31+/m0/s1. The van der Waals surface area contributed by atoms with Gasteiger partial charge in [0.15, 0.2) is 11.9 Å². The zero-order chi connectivity index (χ0) is 30.5. The number of hydrogen-bond donors (Lipinski definition) is 2. The number of ether oxygens (including phenoxy) is 4. The lowest BCUT2D eigenvalue weighted by atomic mass is 9.46. The Kier molecular flexibility index (Phi) is 7.41. The fourth-order valence-electron chi connectivity index (χ4n) is 7.12. The largest absolute Gasteiger partial charge is 0.465 e. The Bertz CT molecular complexity index is 1390. The highest BCUT2D eigenvalue weighted by Gasteiger charge is 2.85. The molecule has 1 aliphatic heterocycles. The van der Waals surface area contributed by atoms with E-state index in [1.54, 1.807) is 38.1 Å². The van der Waals surface area contributed by atoms with Crippen molar-refractivity contribution in [2.75, 3.05) is 6.61 Å². The van der Waals surface area contributed by atoms with Crippen LogP contribution in [0.3, 0.4) is 0 Å². The lowest BCUT2D eigenvalue weighted by Gasteiger charge is -2.63. The van der Waals surface area contributed by atoms with Crippen LogP contribution >= 0.6 is 0 Å². The predicted octanol–water partition coefficient (Wildman–Crippen LogP) is 2.63. The summed E-state index contributed by atoms with van der Waals surface area (Å²) >= 11 is 0. The number of Topliss-reactive ketones (excluding diaryl/α,β-unsaturated/α-hetero) is 1. The van der Waals surface area contributed by atoms with Crippen LogP contribution in [0.5, 0.6) is 0 Å². The second kappa shape index (κ2) is 10.5. The lowest BCUT2D eigenvalue weighted by molar-refractivity contribution is -0.334. The molecule has 2 heterocycles. The summed E-state index contributed by atoms with van der Waals surface area (Å²) in [5, 5.41) is 23.8. The van der Waals surface area contributed by atoms with Gasteiger partial charge in [0.1, 0.15) is 23.7 Å². The second-order valence-electron chi connectivity index (χ2n) is 11.8. The van der Waals surface area contributed by atoms with E-state index in [0.717, 1.165) is 12.5 Å². The van der Waals surface area contributed by atoms with Gasteiger partial charge < -0.3 is 33.6 Å². The summed E-state index contributed by atoms with van der Waals surface area (Å²) in [6, 6.07) is 11.8. The molecule has 0 amide bonds. The topological polar surface area (TPSA) is 159 Å². The number of hydrogen-bond acceptors (Lipinski definition) is 11. The molecule has 7 atom stereocenters. The normalized spacial score (nSPS) is 35.0. The molecule has 2 bridgehead atoms. The summed E-state index contributed by atoms with van der Waals surface area (Å²) in [6.45, 7) is 5.05. The van der Waals surface area contributed by atoms with Crippen LogP contribution in [-0.4, -0.2) is 75.6 Å². The Morgan fingerprint density at radius 1 is 1.07 bits per heavy atom. The van der Waals surface area contributed by atoms with Crippen LogP contribution in [-0.2, 0) is 33.3 Å². The zero-order valence-electron chi connectivity index (χ0n) is 23.8. The number of esters is 3. The van der Waals surface area contributed by atoms with E-state index in [-0.39, 0.29) is 18.6 Å². The van der Waals surface area contributed by atoms with Gasteiger partial charge in [0.25, 0.3) is 0 Å². The summed E-state index contributed by atoms with van der Waals surface area (Å²) in [5.41, 5.74) is -6.61. The molecule has 42 heavy (non-hydrogen) atoms. The SMILES string of the molecule is CC(=O)OC[C@@]12[C@@H](OC(=O)/C=C\c3ccccc3)CC[C@](C)(O)[C@@]13OC(C)(C)[C@H](C(=O)[C@H]2OC(=O)c1ccco1)[C@H]3O. The first-order valence-electron chi connectivity index (χ1n) is 13.7. The number of fused-ring (bicyclic) bond motifs is 1. The van der Waals surface area contributed by atoms with Gasteiger partial charge in [0, 0.05) is 13.0 Å². The number of carbonyl (C=O) groups excluding carboxylic acids is 4. The van der Waals surface area contributed by atoms with Gasteiger partial charge in [-0.25, -0.2) is 9.59 Å². The Morgan fingerprint density at radius 3 is 2.43 bits per heavy atom. The quantitative estimate of drug-likeness (QED) is 0.281. The molecule has 1 spiro atoms. The number of benzene rings is 1. The van der Waals surface area contributed by atoms with Gasteiger partial charge in [-0.15, -0.1) is 0 Å². The van der Waals surface area contributed by atoms with E-state index in [2.05, 4.69) is 0 Å². The van der Waals surface area contributed by atoms with Gasteiger partial charge in [-0.1, -0.05) is 30.3 Å². The van der Waals surface area contributed by atoms with Gasteiger partial charge in [-0.3, -0.25) is 9.59 Å². The summed E-state index contributed by atoms with van der Waals surface area (Å²) in [4.78, 5) is 52.9. The first-order valence-corrected chi connectivity index (χ1v) is 13.7. The Balaban J connectivity index is 1.67. The van der Waals surface area contributed by atoms with Crippen molar-refractivity contribution in [3.8, 4) is 0 Å². The van der Waals surface area contributed by atoms with Crippen LogP contribution in [0.15, 0.2) is 59.2 Å². The van der Waals surface area contributed by atoms with Crippen molar-refractivity contribution < 1.29 is 52.8 Å². The minimum atomic E-state index is -2.07. The minimum Gasteiger partial charge on any atom is -0.465 e. The molecule has 0 radical (unpaired) electrons. The van der Waals surface area contributed by atoms with Crippen LogP contribution < -0.4 is 0 Å². The average molecular weight is 583 g/mol. The molecule has 2 aromatic rings. The summed E-state index contributed by atoms with van der Waals surface area (Å²) in [6.07, 6.45) is -0.792. The molecule has 2 saturated carbocycles. The number of aliphatic hydroxyl groups excluding tert-OH is 1. The van der Waals surface area contributed by atoms with E-state index in [9.17, 15) is 29.4 Å². The molecule has 1 aromatic carbocycles. The van der Waals surface area contributed by atoms with Crippen molar-refractivity contribution in [1.82, 2.24) is 0 Å². The molecule has 0 unspecified atom stereocenters. The van der Waals surface area contributed by atoms with Crippen molar-refractivity contribution in [3.05, 3.63) is 66.1 Å². The monoisotopic (exact) mass is 582 g/mol. The van der Waals surface area contributed by atoms with E-state index in [4.69, 9.17) is 23.4 Å². The van der Waals surface area contributed by atoms with Crippen LogP contribution in [0, 0.1) is 11.3 Å². The van der Waals surface area contributed by atoms with E-state index in [1.165, 1.54) is 37.5 Å². The molecule has 2 N–H and O–H groups in total. The first kappa shape index (κ1) is 29.7. The Morgan fingerprint density at radius 2 is 1.79 bits per heavy atom. The fraction of sp³-hybridized carbons (Fsp3) is 0.484. The molecule has 1 aromatic heterocycles. The van der Waals surface area contributed by atoms with E-state index in [1.807, 2.05) is 6.07 Å². The molecular formula is C31H34O11. The number of furan rings is 1. The van der Waals surface area contributed by atoms with Crippen molar-refractivity contribution in [1.29, 1.82) is 0 Å². The third-order valence-corrected chi connectivity index (χ3v) is 8.83. The highest BCUT2D eigenvalue weighted by molar-refractivity contribution is 5.95. The number of aliphatic hydroxyl groups is 2. The predicted molar refractivity (Wildman–Crippen MR) is 145 cm³/mol. The third kappa shape index (κ3) is 4.47. The van der Waals surface area contributed by atoms with E-state index < -0.39 is 76.7 Å². The summed E-state index contributed by atoms with van der Waals surface area (Å²) < 4.78 is 28.9. The number of ketones is 1. The van der Waals surface area contributed by atoms with Crippen LogP contribution in [0.25, 0.3) is 6.08 Å². The van der Waals surface area contributed by atoms with Crippen LogP contribution in [0.4, 0.5) is 0 Å². The molecule has 3 aliphatic rings. The maximum absolute atomic E-state index is 14.2. The molecule has 1 saturated heterocycles. The summed E-state index contributed by atoms with van der Waals surface area (Å²) in [5.74, 6) is -4.75. The first-order chi connectivity index (χ1) is 19.8. The van der Waals surface area contributed by atoms with Crippen LogP contribution in [0.1, 0.15) is 56.7 Å². The smallest absolute Gasteiger partial charge is 0.374 e. The molecule has 3 fully saturated rings. The maximum Gasteiger partial charge on any atom is 0.374 e. The Labute approximate surface area is 242 Å². The van der Waals surface area contributed by atoms with Gasteiger partial charge in [0.05, 0.1) is 29.5 Å². The minimum absolute atomic E-state index is 0.0257. The lowest BCUT2D eigenvalue weighted by Crippen LogP contribution is -2.82. The van der Waals surface area contributed by atoms with Crippen molar-refractivity contribution >= 4 is 29.8 Å². The Hall–Kier alpha value is -3.80. The van der Waals surface area contributed by atoms with Gasteiger partial charge in [-0.2, -0.15) is 0 Å².